The third-order valence-corrected chi connectivity index (χ3v) is 5.26. The van der Waals surface area contributed by atoms with E-state index >= 15 is 0 Å². The summed E-state index contributed by atoms with van der Waals surface area (Å²) in [5, 5.41) is 16.7. The van der Waals surface area contributed by atoms with E-state index in [1.807, 2.05) is 24.1 Å². The summed E-state index contributed by atoms with van der Waals surface area (Å²) in [4.78, 5) is 36.2. The highest BCUT2D eigenvalue weighted by Gasteiger charge is 2.33. The average molecular weight is 356 g/mol. The van der Waals surface area contributed by atoms with Gasteiger partial charge in [-0.25, -0.2) is 0 Å². The van der Waals surface area contributed by atoms with E-state index in [9.17, 15) is 14.4 Å². The van der Waals surface area contributed by atoms with Crippen molar-refractivity contribution in [1.82, 2.24) is 20.0 Å². The Hall–Kier alpha value is -2.74. The SMILES string of the molecule is Cn1nc(C2CCC(=O)NC2=O)c2ccc(C3CN(CC(=O)O)C3)cc21. The van der Waals surface area contributed by atoms with Gasteiger partial charge in [0.25, 0.3) is 0 Å². The van der Waals surface area contributed by atoms with Crippen LogP contribution in [0.15, 0.2) is 18.2 Å². The first-order chi connectivity index (χ1) is 12.4. The molecule has 2 aliphatic rings. The molecule has 0 aliphatic carbocycles. The number of piperidine rings is 1. The van der Waals surface area contributed by atoms with E-state index in [2.05, 4.69) is 16.5 Å². The van der Waals surface area contributed by atoms with Crippen molar-refractivity contribution < 1.29 is 19.5 Å². The molecule has 1 aromatic heterocycles. The second-order valence-electron chi connectivity index (χ2n) is 7.07. The number of rotatable bonds is 4. The third kappa shape index (κ3) is 2.86. The normalized spacial score (nSPS) is 21.7. The second kappa shape index (κ2) is 6.21. The van der Waals surface area contributed by atoms with E-state index in [1.54, 1.807) is 4.68 Å². The van der Waals surface area contributed by atoms with E-state index in [4.69, 9.17) is 5.11 Å². The molecule has 8 nitrogen and oxygen atoms in total. The maximum atomic E-state index is 12.2. The number of carboxylic acids is 1. The summed E-state index contributed by atoms with van der Waals surface area (Å²) in [5.74, 6) is -1.41. The molecule has 0 bridgehead atoms. The monoisotopic (exact) mass is 356 g/mol. The van der Waals surface area contributed by atoms with E-state index in [0.29, 0.717) is 24.5 Å². The number of amides is 2. The van der Waals surface area contributed by atoms with Crippen molar-refractivity contribution in [3.05, 3.63) is 29.5 Å². The van der Waals surface area contributed by atoms with Gasteiger partial charge in [-0.3, -0.25) is 29.3 Å². The van der Waals surface area contributed by atoms with Crippen LogP contribution in [0, 0.1) is 0 Å². The zero-order valence-electron chi connectivity index (χ0n) is 14.4. The molecule has 4 rings (SSSR count). The summed E-state index contributed by atoms with van der Waals surface area (Å²) in [7, 11) is 1.85. The zero-order chi connectivity index (χ0) is 18.4. The van der Waals surface area contributed by atoms with Gasteiger partial charge in [-0.05, 0) is 18.1 Å². The van der Waals surface area contributed by atoms with Crippen molar-refractivity contribution in [1.29, 1.82) is 0 Å². The van der Waals surface area contributed by atoms with E-state index in [0.717, 1.165) is 29.6 Å². The number of imide groups is 1. The quantitative estimate of drug-likeness (QED) is 0.777. The minimum atomic E-state index is -0.806. The Labute approximate surface area is 149 Å². The van der Waals surface area contributed by atoms with E-state index in [-0.39, 0.29) is 18.4 Å². The first-order valence-electron chi connectivity index (χ1n) is 8.67. The predicted octanol–water partition coefficient (Wildman–Crippen LogP) is 0.577. The third-order valence-electron chi connectivity index (χ3n) is 5.26. The highest BCUT2D eigenvalue weighted by molar-refractivity contribution is 6.02. The number of benzene rings is 1. The minimum Gasteiger partial charge on any atom is -0.480 e. The van der Waals surface area contributed by atoms with Gasteiger partial charge in [0.15, 0.2) is 0 Å². The molecule has 136 valence electrons. The van der Waals surface area contributed by atoms with Gasteiger partial charge < -0.3 is 5.11 Å². The first kappa shape index (κ1) is 16.7. The Morgan fingerprint density at radius 1 is 1.35 bits per heavy atom. The van der Waals surface area contributed by atoms with Gasteiger partial charge in [-0.15, -0.1) is 0 Å². The summed E-state index contributed by atoms with van der Waals surface area (Å²) in [6, 6.07) is 6.08. The number of aliphatic carboxylic acids is 1. The van der Waals surface area contributed by atoms with Crippen LogP contribution < -0.4 is 5.32 Å². The van der Waals surface area contributed by atoms with Crippen molar-refractivity contribution >= 4 is 28.7 Å². The number of aromatic nitrogens is 2. The molecule has 1 atom stereocenters. The maximum Gasteiger partial charge on any atom is 0.317 e. The summed E-state index contributed by atoms with van der Waals surface area (Å²) in [6.07, 6.45) is 0.805. The lowest BCUT2D eigenvalue weighted by Gasteiger charge is -2.38. The Morgan fingerprint density at radius 3 is 2.81 bits per heavy atom. The lowest BCUT2D eigenvalue weighted by atomic mass is 9.89. The molecule has 2 amide bonds. The van der Waals surface area contributed by atoms with Crippen LogP contribution in [0.1, 0.15) is 35.9 Å². The smallest absolute Gasteiger partial charge is 0.317 e. The number of carbonyl (C=O) groups is 3. The van der Waals surface area contributed by atoms with Gasteiger partial charge in [-0.1, -0.05) is 12.1 Å². The number of nitrogens with zero attached hydrogens (tertiary/aromatic N) is 3. The number of aryl methyl sites for hydroxylation is 1. The number of nitrogens with one attached hydrogen (secondary N) is 1. The maximum absolute atomic E-state index is 12.2. The summed E-state index contributed by atoms with van der Waals surface area (Å²) in [5.41, 5.74) is 2.80. The molecule has 0 saturated carbocycles. The summed E-state index contributed by atoms with van der Waals surface area (Å²) < 4.78 is 1.77. The molecule has 0 radical (unpaired) electrons. The minimum absolute atomic E-state index is 0.0735. The summed E-state index contributed by atoms with van der Waals surface area (Å²) >= 11 is 0. The molecular weight excluding hydrogens is 336 g/mol. The molecule has 0 spiro atoms. The molecule has 1 aromatic carbocycles. The van der Waals surface area contributed by atoms with Crippen LogP contribution in [0.5, 0.6) is 0 Å². The fourth-order valence-corrected chi connectivity index (χ4v) is 3.87. The molecular formula is C18H20N4O4. The van der Waals surface area contributed by atoms with Crippen LogP contribution in [0.3, 0.4) is 0 Å². The van der Waals surface area contributed by atoms with E-state index < -0.39 is 11.9 Å². The number of carbonyl (C=O) groups excluding carboxylic acids is 2. The molecule has 8 heteroatoms. The van der Waals surface area contributed by atoms with Crippen LogP contribution in [0.25, 0.3) is 10.9 Å². The van der Waals surface area contributed by atoms with E-state index in [1.165, 1.54) is 0 Å². The number of hydrogen-bond donors (Lipinski definition) is 2. The Morgan fingerprint density at radius 2 is 2.12 bits per heavy atom. The molecule has 26 heavy (non-hydrogen) atoms. The zero-order valence-corrected chi connectivity index (χ0v) is 14.4. The number of hydrogen-bond acceptors (Lipinski definition) is 5. The van der Waals surface area contributed by atoms with Crippen LogP contribution in [0.2, 0.25) is 0 Å². The second-order valence-corrected chi connectivity index (χ2v) is 7.07. The van der Waals surface area contributed by atoms with Crippen LogP contribution in [-0.2, 0) is 21.4 Å². The van der Waals surface area contributed by atoms with Gasteiger partial charge in [0.1, 0.15) is 0 Å². The van der Waals surface area contributed by atoms with Gasteiger partial charge in [-0.2, -0.15) is 5.10 Å². The largest absolute Gasteiger partial charge is 0.480 e. The molecule has 2 saturated heterocycles. The van der Waals surface area contributed by atoms with Crippen LogP contribution in [0.4, 0.5) is 0 Å². The molecule has 2 N–H and O–H groups in total. The highest BCUT2D eigenvalue weighted by atomic mass is 16.4. The fourth-order valence-electron chi connectivity index (χ4n) is 3.87. The molecule has 3 heterocycles. The van der Waals surface area contributed by atoms with Crippen molar-refractivity contribution in [3.8, 4) is 0 Å². The molecule has 2 aliphatic heterocycles. The number of fused-ring (bicyclic) bond motifs is 1. The van der Waals surface area contributed by atoms with Gasteiger partial charge >= 0.3 is 5.97 Å². The van der Waals surface area contributed by atoms with Gasteiger partial charge in [0.05, 0.1) is 23.7 Å². The lowest BCUT2D eigenvalue weighted by molar-refractivity contribution is -0.139. The Kier molecular flexibility index (Phi) is 3.99. The van der Waals surface area contributed by atoms with Gasteiger partial charge in [0, 0.05) is 37.9 Å². The summed E-state index contributed by atoms with van der Waals surface area (Å²) in [6.45, 7) is 1.54. The average Bonchev–Trinajstić information content (AvgIpc) is 2.87. The number of likely N-dealkylation sites (tertiary alicyclic amines) is 1. The lowest BCUT2D eigenvalue weighted by Crippen LogP contribution is -2.47. The predicted molar refractivity (Wildman–Crippen MR) is 92.7 cm³/mol. The number of carboxylic acid groups (broad SMARTS) is 1. The standard InChI is InChI=1S/C18H20N4O4/c1-21-14-6-10(11-7-22(8-11)9-16(24)25)2-3-12(14)17(20-21)13-4-5-15(23)19-18(13)26/h2-3,6,11,13H,4-5,7-9H2,1H3,(H,24,25)(H,19,23,26). The molecule has 2 fully saturated rings. The molecule has 1 unspecified atom stereocenters. The van der Waals surface area contributed by atoms with Crippen molar-refractivity contribution in [2.24, 2.45) is 7.05 Å². The van der Waals surface area contributed by atoms with Gasteiger partial charge in [0.2, 0.25) is 11.8 Å². The first-order valence-corrected chi connectivity index (χ1v) is 8.67. The van der Waals surface area contributed by atoms with Crippen molar-refractivity contribution in [3.63, 3.8) is 0 Å². The van der Waals surface area contributed by atoms with Crippen molar-refractivity contribution in [2.45, 2.75) is 24.7 Å². The fraction of sp³-hybridized carbons (Fsp3) is 0.444. The Bertz CT molecular complexity index is 913. The Balaban J connectivity index is 1.59. The topological polar surface area (TPSA) is 105 Å². The highest BCUT2D eigenvalue weighted by Crippen LogP contribution is 2.33. The van der Waals surface area contributed by atoms with Crippen molar-refractivity contribution in [2.75, 3.05) is 19.6 Å². The van der Waals surface area contributed by atoms with Crippen LogP contribution >= 0.6 is 0 Å². The van der Waals surface area contributed by atoms with Crippen LogP contribution in [-0.4, -0.2) is 57.2 Å². The molecule has 2 aromatic rings.